The largest absolute Gasteiger partial charge is 0.493 e. The van der Waals surface area contributed by atoms with Gasteiger partial charge in [-0.1, -0.05) is 35.9 Å². The summed E-state index contributed by atoms with van der Waals surface area (Å²) in [5, 5.41) is 16.8. The monoisotopic (exact) mass is 402 g/mol. The molecule has 0 amide bonds. The average molecular weight is 402 g/mol. The van der Waals surface area contributed by atoms with E-state index in [9.17, 15) is 5.26 Å². The molecule has 1 aliphatic rings. The van der Waals surface area contributed by atoms with Gasteiger partial charge in [0.2, 0.25) is 11.8 Å². The van der Waals surface area contributed by atoms with Crippen molar-refractivity contribution in [1.29, 1.82) is 5.26 Å². The van der Waals surface area contributed by atoms with E-state index in [2.05, 4.69) is 22.3 Å². The Balaban J connectivity index is 1.69. The molecule has 7 nitrogen and oxygen atoms in total. The summed E-state index contributed by atoms with van der Waals surface area (Å²) in [7, 11) is 1.59. The lowest BCUT2D eigenvalue weighted by molar-refractivity contribution is 0.284. The summed E-state index contributed by atoms with van der Waals surface area (Å²) in [5.74, 6) is 1.23. The molecular weight excluding hydrogens is 380 g/mol. The van der Waals surface area contributed by atoms with Gasteiger partial charge in [-0.3, -0.25) is 5.10 Å². The molecule has 4 rings (SSSR count). The van der Waals surface area contributed by atoms with E-state index >= 15 is 0 Å². The number of hydrogen-bond donors (Lipinski definition) is 2. The Labute approximate surface area is 174 Å². The van der Waals surface area contributed by atoms with Crippen molar-refractivity contribution in [3.63, 3.8) is 0 Å². The number of nitriles is 1. The van der Waals surface area contributed by atoms with Crippen molar-refractivity contribution in [1.82, 2.24) is 10.2 Å². The highest BCUT2D eigenvalue weighted by Crippen LogP contribution is 2.44. The van der Waals surface area contributed by atoms with Crippen LogP contribution in [0.5, 0.6) is 17.4 Å². The second kappa shape index (κ2) is 7.84. The molecular formula is C23H22N4O3. The number of rotatable bonds is 5. The normalized spacial score (nSPS) is 15.2. The molecule has 152 valence electrons. The molecule has 7 heteroatoms. The Hall–Kier alpha value is -3.92. The second-order valence-corrected chi connectivity index (χ2v) is 7.18. The van der Waals surface area contributed by atoms with Crippen molar-refractivity contribution in [2.45, 2.75) is 26.4 Å². The van der Waals surface area contributed by atoms with Crippen molar-refractivity contribution in [2.24, 2.45) is 5.73 Å². The molecule has 0 radical (unpaired) electrons. The lowest BCUT2D eigenvalue weighted by Gasteiger charge is -2.24. The SMILES string of the molecule is COc1cc([C@@H]2C(C#N)=C(N)Oc3n[nH]c(C)c32)ccc1OCc1cccc(C)c1. The number of nitrogens with one attached hydrogen (secondary N) is 1. The van der Waals surface area contributed by atoms with Crippen molar-refractivity contribution in [2.75, 3.05) is 7.11 Å². The molecule has 2 heterocycles. The summed E-state index contributed by atoms with van der Waals surface area (Å²) in [6.45, 7) is 4.36. The Morgan fingerprint density at radius 1 is 1.20 bits per heavy atom. The van der Waals surface area contributed by atoms with Gasteiger partial charge in [0, 0.05) is 11.3 Å². The van der Waals surface area contributed by atoms with E-state index in [0.717, 1.165) is 22.4 Å². The maximum absolute atomic E-state index is 9.71. The smallest absolute Gasteiger partial charge is 0.244 e. The predicted octanol–water partition coefficient (Wildman–Crippen LogP) is 3.83. The van der Waals surface area contributed by atoms with Crippen LogP contribution in [0.15, 0.2) is 53.9 Å². The van der Waals surface area contributed by atoms with Crippen molar-refractivity contribution < 1.29 is 14.2 Å². The van der Waals surface area contributed by atoms with E-state index in [4.69, 9.17) is 19.9 Å². The first-order valence-corrected chi connectivity index (χ1v) is 9.50. The van der Waals surface area contributed by atoms with Gasteiger partial charge in [0.1, 0.15) is 18.2 Å². The van der Waals surface area contributed by atoms with E-state index in [-0.39, 0.29) is 5.88 Å². The van der Waals surface area contributed by atoms with Gasteiger partial charge in [-0.05, 0) is 37.1 Å². The molecule has 30 heavy (non-hydrogen) atoms. The molecule has 0 unspecified atom stereocenters. The number of benzene rings is 2. The topological polar surface area (TPSA) is 106 Å². The summed E-state index contributed by atoms with van der Waals surface area (Å²) in [5.41, 5.74) is 11.0. The van der Waals surface area contributed by atoms with E-state index in [1.54, 1.807) is 7.11 Å². The van der Waals surface area contributed by atoms with Crippen LogP contribution < -0.4 is 19.9 Å². The second-order valence-electron chi connectivity index (χ2n) is 7.18. The van der Waals surface area contributed by atoms with Crippen LogP contribution in [0.25, 0.3) is 0 Å². The number of methoxy groups -OCH3 is 1. The number of fused-ring (bicyclic) bond motifs is 1. The van der Waals surface area contributed by atoms with Crippen molar-refractivity contribution in [3.8, 4) is 23.4 Å². The third-order valence-electron chi connectivity index (χ3n) is 5.13. The molecule has 1 atom stereocenters. The Morgan fingerprint density at radius 2 is 2.03 bits per heavy atom. The molecule has 3 N–H and O–H groups in total. The third kappa shape index (κ3) is 3.44. The number of aromatic nitrogens is 2. The maximum Gasteiger partial charge on any atom is 0.244 e. The fraction of sp³-hybridized carbons (Fsp3) is 0.217. The number of H-pyrrole nitrogens is 1. The van der Waals surface area contributed by atoms with E-state index < -0.39 is 5.92 Å². The molecule has 1 aliphatic heterocycles. The highest BCUT2D eigenvalue weighted by atomic mass is 16.5. The average Bonchev–Trinajstić information content (AvgIpc) is 3.11. The lowest BCUT2D eigenvalue weighted by atomic mass is 9.84. The van der Waals surface area contributed by atoms with Crippen LogP contribution in [-0.4, -0.2) is 17.3 Å². The first-order valence-electron chi connectivity index (χ1n) is 9.50. The van der Waals surface area contributed by atoms with Gasteiger partial charge < -0.3 is 19.9 Å². The van der Waals surface area contributed by atoms with Crippen LogP contribution in [0, 0.1) is 25.2 Å². The minimum absolute atomic E-state index is 0.0558. The zero-order valence-corrected chi connectivity index (χ0v) is 17.0. The number of aryl methyl sites for hydroxylation is 2. The standard InChI is InChI=1S/C23H22N4O3/c1-13-5-4-6-15(9-13)12-29-18-8-7-16(10-19(18)28-3)21-17(11-24)22(25)30-23-20(21)14(2)26-27-23/h4-10,21H,12,25H2,1-3H3,(H,26,27)/t21-/m1/s1. The molecule has 2 aromatic carbocycles. The summed E-state index contributed by atoms with van der Waals surface area (Å²) in [6, 6.07) is 16.0. The van der Waals surface area contributed by atoms with E-state index in [0.29, 0.717) is 29.6 Å². The first kappa shape index (κ1) is 19.4. The van der Waals surface area contributed by atoms with Crippen LogP contribution in [0.1, 0.15) is 33.9 Å². The van der Waals surface area contributed by atoms with Gasteiger partial charge in [-0.15, -0.1) is 5.10 Å². The van der Waals surface area contributed by atoms with Gasteiger partial charge in [-0.25, -0.2) is 0 Å². The van der Waals surface area contributed by atoms with Crippen LogP contribution in [0.3, 0.4) is 0 Å². The molecule has 0 saturated heterocycles. The summed E-state index contributed by atoms with van der Waals surface area (Å²) in [4.78, 5) is 0. The molecule has 0 aliphatic carbocycles. The van der Waals surface area contributed by atoms with E-state index in [1.165, 1.54) is 5.56 Å². The molecule has 0 saturated carbocycles. The fourth-order valence-corrected chi connectivity index (χ4v) is 3.68. The quantitative estimate of drug-likeness (QED) is 0.672. The lowest BCUT2D eigenvalue weighted by Crippen LogP contribution is -2.21. The Bertz CT molecular complexity index is 1170. The third-order valence-corrected chi connectivity index (χ3v) is 5.13. The number of ether oxygens (including phenoxy) is 3. The van der Waals surface area contributed by atoms with Gasteiger partial charge in [0.05, 0.1) is 13.0 Å². The van der Waals surface area contributed by atoms with Gasteiger partial charge in [0.25, 0.3) is 0 Å². The highest BCUT2D eigenvalue weighted by Gasteiger charge is 2.34. The summed E-state index contributed by atoms with van der Waals surface area (Å²) in [6.07, 6.45) is 0. The maximum atomic E-state index is 9.71. The predicted molar refractivity (Wildman–Crippen MR) is 111 cm³/mol. The molecule has 0 bridgehead atoms. The highest BCUT2D eigenvalue weighted by molar-refractivity contribution is 5.57. The van der Waals surface area contributed by atoms with Crippen LogP contribution in [-0.2, 0) is 6.61 Å². The van der Waals surface area contributed by atoms with Gasteiger partial charge >= 0.3 is 0 Å². The minimum Gasteiger partial charge on any atom is -0.493 e. The Kier molecular flexibility index (Phi) is 5.07. The molecule has 1 aromatic heterocycles. The molecule has 0 spiro atoms. The van der Waals surface area contributed by atoms with Crippen molar-refractivity contribution >= 4 is 0 Å². The zero-order valence-electron chi connectivity index (χ0n) is 17.0. The Morgan fingerprint density at radius 3 is 2.77 bits per heavy atom. The number of hydrogen-bond acceptors (Lipinski definition) is 6. The number of nitrogens with zero attached hydrogens (tertiary/aromatic N) is 2. The number of aromatic amines is 1. The first-order chi connectivity index (χ1) is 14.5. The van der Waals surface area contributed by atoms with Gasteiger partial charge in [-0.2, -0.15) is 5.26 Å². The van der Waals surface area contributed by atoms with Crippen LogP contribution in [0.4, 0.5) is 0 Å². The van der Waals surface area contributed by atoms with E-state index in [1.807, 2.05) is 50.2 Å². The molecule has 0 fully saturated rings. The van der Waals surface area contributed by atoms with Crippen LogP contribution >= 0.6 is 0 Å². The summed E-state index contributed by atoms with van der Waals surface area (Å²) < 4.78 is 17.1. The zero-order chi connectivity index (χ0) is 21.3. The fourth-order valence-electron chi connectivity index (χ4n) is 3.68. The molecule has 3 aromatic rings. The minimum atomic E-state index is -0.405. The van der Waals surface area contributed by atoms with Crippen molar-refractivity contribution in [3.05, 3.63) is 81.9 Å². The number of allylic oxidation sites excluding steroid dienone is 1. The van der Waals surface area contributed by atoms with Gasteiger partial charge in [0.15, 0.2) is 11.5 Å². The van der Waals surface area contributed by atoms with Crippen LogP contribution in [0.2, 0.25) is 0 Å². The summed E-state index contributed by atoms with van der Waals surface area (Å²) >= 11 is 0. The number of nitrogens with two attached hydrogens (primary N) is 1.